The van der Waals surface area contributed by atoms with E-state index in [2.05, 4.69) is 22.5 Å². The molecular formula is C17H18N2O3S. The summed E-state index contributed by atoms with van der Waals surface area (Å²) in [5.74, 6) is 6.99. The molecule has 0 fully saturated rings. The molecule has 2 rings (SSSR count). The number of methoxy groups -OCH3 is 1. The van der Waals surface area contributed by atoms with Gasteiger partial charge in [-0.15, -0.1) is 11.3 Å². The number of urea groups is 1. The standard InChI is InChI=1S/C17H18N2O3S/c1-21-15-8-2-3-9-16(15)22-11-5-4-10-18-17(20)19-13-14-7-6-12-23-14/h2-3,6-9,12H,10-11,13H2,1H3,(H2,18,19,20). The Hall–Kier alpha value is -2.65. The fourth-order valence-electron chi connectivity index (χ4n) is 1.73. The van der Waals surface area contributed by atoms with Gasteiger partial charge in [0.1, 0.15) is 6.61 Å². The summed E-state index contributed by atoms with van der Waals surface area (Å²) in [5, 5.41) is 7.40. The van der Waals surface area contributed by atoms with Crippen molar-refractivity contribution in [3.05, 3.63) is 46.7 Å². The number of rotatable bonds is 6. The average Bonchev–Trinajstić information content (AvgIpc) is 3.10. The fourth-order valence-corrected chi connectivity index (χ4v) is 2.38. The first-order valence-electron chi connectivity index (χ1n) is 7.05. The number of ether oxygens (including phenoxy) is 2. The van der Waals surface area contributed by atoms with Crippen LogP contribution >= 0.6 is 11.3 Å². The maximum absolute atomic E-state index is 11.5. The molecule has 2 aromatic rings. The minimum Gasteiger partial charge on any atom is -0.493 e. The Labute approximate surface area is 139 Å². The summed E-state index contributed by atoms with van der Waals surface area (Å²) in [6, 6.07) is 11.1. The molecular weight excluding hydrogens is 312 g/mol. The number of amides is 2. The average molecular weight is 330 g/mol. The van der Waals surface area contributed by atoms with E-state index in [4.69, 9.17) is 9.47 Å². The molecule has 0 saturated heterocycles. The van der Waals surface area contributed by atoms with Crippen molar-refractivity contribution in [3.63, 3.8) is 0 Å². The Morgan fingerprint density at radius 2 is 1.96 bits per heavy atom. The van der Waals surface area contributed by atoms with Crippen LogP contribution in [0.25, 0.3) is 0 Å². The summed E-state index contributed by atoms with van der Waals surface area (Å²) in [4.78, 5) is 12.7. The zero-order valence-corrected chi connectivity index (χ0v) is 13.6. The smallest absolute Gasteiger partial charge is 0.315 e. The third-order valence-corrected chi connectivity index (χ3v) is 3.71. The SMILES string of the molecule is COc1ccccc1OCC#CCNC(=O)NCc1cccs1. The predicted octanol–water partition coefficient (Wildman–Crippen LogP) is 2.64. The first-order valence-corrected chi connectivity index (χ1v) is 7.93. The number of thiophene rings is 1. The molecule has 23 heavy (non-hydrogen) atoms. The van der Waals surface area contributed by atoms with E-state index < -0.39 is 0 Å². The van der Waals surface area contributed by atoms with Crippen molar-refractivity contribution in [3.8, 4) is 23.3 Å². The van der Waals surface area contributed by atoms with Gasteiger partial charge in [0.2, 0.25) is 0 Å². The molecule has 0 radical (unpaired) electrons. The van der Waals surface area contributed by atoms with Gasteiger partial charge in [0.05, 0.1) is 20.2 Å². The van der Waals surface area contributed by atoms with E-state index in [1.807, 2.05) is 41.8 Å². The van der Waals surface area contributed by atoms with Crippen LogP contribution in [0.4, 0.5) is 4.79 Å². The number of hydrogen-bond donors (Lipinski definition) is 2. The van der Waals surface area contributed by atoms with Crippen molar-refractivity contribution >= 4 is 17.4 Å². The predicted molar refractivity (Wildman–Crippen MR) is 90.8 cm³/mol. The highest BCUT2D eigenvalue weighted by molar-refractivity contribution is 7.09. The maximum atomic E-state index is 11.5. The lowest BCUT2D eigenvalue weighted by Crippen LogP contribution is -2.35. The summed E-state index contributed by atoms with van der Waals surface area (Å²) in [6.45, 7) is 1.03. The summed E-state index contributed by atoms with van der Waals surface area (Å²) < 4.78 is 10.7. The Morgan fingerprint density at radius 1 is 1.13 bits per heavy atom. The molecule has 1 aromatic heterocycles. The molecule has 0 aliphatic rings. The topological polar surface area (TPSA) is 59.6 Å². The van der Waals surface area contributed by atoms with Crippen LogP contribution in [0.5, 0.6) is 11.5 Å². The van der Waals surface area contributed by atoms with Gasteiger partial charge in [-0.3, -0.25) is 0 Å². The molecule has 1 heterocycles. The van der Waals surface area contributed by atoms with Crippen LogP contribution in [0, 0.1) is 11.8 Å². The number of carbonyl (C=O) groups is 1. The van der Waals surface area contributed by atoms with Gasteiger partial charge >= 0.3 is 6.03 Å². The lowest BCUT2D eigenvalue weighted by molar-refractivity contribution is 0.241. The second-order valence-electron chi connectivity index (χ2n) is 4.41. The van der Waals surface area contributed by atoms with Crippen molar-refractivity contribution in [1.29, 1.82) is 0 Å². The molecule has 0 aliphatic carbocycles. The molecule has 1 aromatic carbocycles. The van der Waals surface area contributed by atoms with E-state index in [0.29, 0.717) is 18.0 Å². The van der Waals surface area contributed by atoms with Crippen LogP contribution in [0.1, 0.15) is 4.88 Å². The summed E-state index contributed by atoms with van der Waals surface area (Å²) in [7, 11) is 1.59. The monoisotopic (exact) mass is 330 g/mol. The Bertz CT molecular complexity index is 675. The molecule has 0 atom stereocenters. The van der Waals surface area contributed by atoms with Gasteiger partial charge in [0.15, 0.2) is 11.5 Å². The second-order valence-corrected chi connectivity index (χ2v) is 5.44. The highest BCUT2D eigenvalue weighted by Gasteiger charge is 2.00. The molecule has 0 spiro atoms. The maximum Gasteiger partial charge on any atom is 0.315 e. The van der Waals surface area contributed by atoms with Gasteiger partial charge in [-0.2, -0.15) is 0 Å². The van der Waals surface area contributed by atoms with Crippen molar-refractivity contribution in [2.75, 3.05) is 20.3 Å². The Kier molecular flexibility index (Phi) is 6.82. The lowest BCUT2D eigenvalue weighted by atomic mass is 10.3. The zero-order valence-electron chi connectivity index (χ0n) is 12.8. The largest absolute Gasteiger partial charge is 0.493 e. The van der Waals surface area contributed by atoms with E-state index in [-0.39, 0.29) is 19.2 Å². The van der Waals surface area contributed by atoms with Gasteiger partial charge in [-0.25, -0.2) is 4.79 Å². The second kappa shape index (κ2) is 9.38. The molecule has 120 valence electrons. The summed E-state index contributed by atoms with van der Waals surface area (Å²) in [6.07, 6.45) is 0. The van der Waals surface area contributed by atoms with Gasteiger partial charge < -0.3 is 20.1 Å². The number of carbonyl (C=O) groups excluding carboxylic acids is 1. The van der Waals surface area contributed by atoms with Gasteiger partial charge in [-0.05, 0) is 23.6 Å². The van der Waals surface area contributed by atoms with Gasteiger partial charge in [0.25, 0.3) is 0 Å². The molecule has 6 heteroatoms. The fraction of sp³-hybridized carbons (Fsp3) is 0.235. The number of nitrogens with one attached hydrogen (secondary N) is 2. The first kappa shape index (κ1) is 16.7. The zero-order chi connectivity index (χ0) is 16.3. The van der Waals surface area contributed by atoms with Crippen LogP contribution in [-0.4, -0.2) is 26.3 Å². The molecule has 2 amide bonds. The summed E-state index contributed by atoms with van der Waals surface area (Å²) >= 11 is 1.60. The quantitative estimate of drug-likeness (QED) is 0.801. The van der Waals surface area contributed by atoms with Crippen molar-refractivity contribution < 1.29 is 14.3 Å². The minimum atomic E-state index is -0.238. The Morgan fingerprint density at radius 3 is 2.70 bits per heavy atom. The van der Waals surface area contributed by atoms with E-state index in [1.165, 1.54) is 0 Å². The van der Waals surface area contributed by atoms with E-state index >= 15 is 0 Å². The minimum absolute atomic E-state index is 0.235. The van der Waals surface area contributed by atoms with Crippen molar-refractivity contribution in [2.45, 2.75) is 6.54 Å². The van der Waals surface area contributed by atoms with Gasteiger partial charge in [-0.1, -0.05) is 30.0 Å². The lowest BCUT2D eigenvalue weighted by Gasteiger charge is -2.07. The molecule has 2 N–H and O–H groups in total. The van der Waals surface area contributed by atoms with Crippen LogP contribution in [0.3, 0.4) is 0 Å². The van der Waals surface area contributed by atoms with Crippen LogP contribution in [0.2, 0.25) is 0 Å². The highest BCUT2D eigenvalue weighted by Crippen LogP contribution is 2.25. The Balaban J connectivity index is 1.63. The highest BCUT2D eigenvalue weighted by atomic mass is 32.1. The molecule has 0 saturated carbocycles. The number of hydrogen-bond acceptors (Lipinski definition) is 4. The normalized spacial score (nSPS) is 9.43. The molecule has 0 aliphatic heterocycles. The molecule has 5 nitrogen and oxygen atoms in total. The molecule has 0 bridgehead atoms. The van der Waals surface area contributed by atoms with E-state index in [0.717, 1.165) is 4.88 Å². The van der Waals surface area contributed by atoms with Crippen molar-refractivity contribution in [1.82, 2.24) is 10.6 Å². The van der Waals surface area contributed by atoms with Crippen LogP contribution < -0.4 is 20.1 Å². The van der Waals surface area contributed by atoms with Crippen LogP contribution in [0.15, 0.2) is 41.8 Å². The third kappa shape index (κ3) is 5.93. The first-order chi connectivity index (χ1) is 11.3. The van der Waals surface area contributed by atoms with E-state index in [9.17, 15) is 4.79 Å². The summed E-state index contributed by atoms with van der Waals surface area (Å²) in [5.41, 5.74) is 0. The van der Waals surface area contributed by atoms with E-state index in [1.54, 1.807) is 18.4 Å². The van der Waals surface area contributed by atoms with Crippen LogP contribution in [-0.2, 0) is 6.54 Å². The van der Waals surface area contributed by atoms with Gasteiger partial charge in [0, 0.05) is 4.88 Å². The number of benzene rings is 1. The molecule has 0 unspecified atom stereocenters. The van der Waals surface area contributed by atoms with Crippen molar-refractivity contribution in [2.24, 2.45) is 0 Å². The third-order valence-electron chi connectivity index (χ3n) is 2.83. The number of para-hydroxylation sites is 2.